The van der Waals surface area contributed by atoms with Gasteiger partial charge in [-0.05, 0) is 40.7 Å². The number of hydrogen-bond donors (Lipinski definition) is 3. The van der Waals surface area contributed by atoms with E-state index in [0.29, 0.717) is 5.75 Å². The van der Waals surface area contributed by atoms with Crippen molar-refractivity contribution >= 4 is 35.6 Å². The molecule has 1 saturated heterocycles. The van der Waals surface area contributed by atoms with E-state index < -0.39 is 36.0 Å². The number of alkyl carbamates (subject to hydrolysis) is 1. The topological polar surface area (TPSA) is 125 Å². The van der Waals surface area contributed by atoms with E-state index in [1.807, 2.05) is 54.8 Å². The zero-order valence-electron chi connectivity index (χ0n) is 18.5. The van der Waals surface area contributed by atoms with Crippen molar-refractivity contribution < 1.29 is 29.0 Å². The first-order valence-electron chi connectivity index (χ1n) is 10.9. The first-order valence-corrected chi connectivity index (χ1v) is 12.3. The first kappa shape index (κ1) is 23.6. The minimum Gasteiger partial charge on any atom is -0.480 e. The highest BCUT2D eigenvalue weighted by molar-refractivity contribution is 7.98. The van der Waals surface area contributed by atoms with Gasteiger partial charge in [0.2, 0.25) is 5.91 Å². The summed E-state index contributed by atoms with van der Waals surface area (Å²) in [7, 11) is 0. The Bertz CT molecular complexity index is 1080. The maximum Gasteiger partial charge on any atom is 0.407 e. The standard InChI is InChI=1S/C24H25N3O6S/c1-34-11-10-19(22(29)27-20(23(30)31)12-21(28)26-27)25-24(32)33-13-18-16-8-4-2-6-14(16)15-7-3-5-9-17(15)18/h2-9,18-20H,10-13H2,1H3,(H,25,32)(H,26,28)(H,30,31)/t19-,20?/m0/s1. The molecular formula is C24H25N3O6S. The lowest BCUT2D eigenvalue weighted by atomic mass is 9.98. The van der Waals surface area contributed by atoms with Crippen LogP contribution in [0.4, 0.5) is 4.79 Å². The Balaban J connectivity index is 1.44. The Hall–Kier alpha value is -3.53. The van der Waals surface area contributed by atoms with Gasteiger partial charge in [0.1, 0.15) is 12.6 Å². The van der Waals surface area contributed by atoms with Gasteiger partial charge < -0.3 is 15.2 Å². The average molecular weight is 484 g/mol. The minimum atomic E-state index is -1.32. The molecule has 0 bridgehead atoms. The Morgan fingerprint density at radius 1 is 1.15 bits per heavy atom. The number of rotatable bonds is 8. The number of benzene rings is 2. The van der Waals surface area contributed by atoms with Crippen LogP contribution in [-0.4, -0.2) is 64.7 Å². The largest absolute Gasteiger partial charge is 0.480 e. The molecule has 0 radical (unpaired) electrons. The molecule has 0 saturated carbocycles. The number of hydrogen-bond acceptors (Lipinski definition) is 6. The van der Waals surface area contributed by atoms with Crippen LogP contribution in [0.2, 0.25) is 0 Å². The van der Waals surface area contributed by atoms with E-state index in [-0.39, 0.29) is 25.4 Å². The quantitative estimate of drug-likeness (QED) is 0.526. The number of carboxylic acid groups (broad SMARTS) is 1. The highest BCUT2D eigenvalue weighted by Crippen LogP contribution is 2.44. The molecule has 1 aliphatic carbocycles. The summed E-state index contributed by atoms with van der Waals surface area (Å²) in [5, 5.41) is 12.7. The van der Waals surface area contributed by atoms with Gasteiger partial charge in [-0.1, -0.05) is 48.5 Å². The van der Waals surface area contributed by atoms with E-state index in [2.05, 4.69) is 10.7 Å². The number of fused-ring (bicyclic) bond motifs is 3. The van der Waals surface area contributed by atoms with Gasteiger partial charge in [0.05, 0.1) is 6.42 Å². The summed E-state index contributed by atoms with van der Waals surface area (Å²) in [6.45, 7) is 0.0848. The van der Waals surface area contributed by atoms with Gasteiger partial charge in [-0.3, -0.25) is 15.0 Å². The second-order valence-corrected chi connectivity index (χ2v) is 9.09. The van der Waals surface area contributed by atoms with Crippen molar-refractivity contribution in [2.75, 3.05) is 18.6 Å². The molecule has 1 unspecified atom stereocenters. The summed E-state index contributed by atoms with van der Waals surface area (Å²) in [4.78, 5) is 48.9. The summed E-state index contributed by atoms with van der Waals surface area (Å²) in [5.74, 6) is -2.14. The van der Waals surface area contributed by atoms with E-state index in [1.165, 1.54) is 11.8 Å². The average Bonchev–Trinajstić information content (AvgIpc) is 3.38. The van der Waals surface area contributed by atoms with E-state index in [4.69, 9.17) is 4.74 Å². The molecule has 2 aromatic carbocycles. The highest BCUT2D eigenvalue weighted by Gasteiger charge is 2.41. The van der Waals surface area contributed by atoms with Gasteiger partial charge in [0.15, 0.2) is 6.04 Å². The zero-order valence-corrected chi connectivity index (χ0v) is 19.3. The number of hydrazine groups is 1. The molecule has 0 aromatic heterocycles. The fraction of sp³-hybridized carbons (Fsp3) is 0.333. The smallest absolute Gasteiger partial charge is 0.407 e. The van der Waals surface area contributed by atoms with E-state index in [9.17, 15) is 24.3 Å². The number of nitrogens with one attached hydrogen (secondary N) is 2. The predicted octanol–water partition coefficient (Wildman–Crippen LogP) is 2.36. The molecule has 9 nitrogen and oxygen atoms in total. The monoisotopic (exact) mass is 483 g/mol. The van der Waals surface area contributed by atoms with Crippen LogP contribution in [-0.2, 0) is 19.1 Å². The van der Waals surface area contributed by atoms with E-state index in [1.54, 1.807) is 0 Å². The SMILES string of the molecule is CSCC[C@H](NC(=O)OCC1c2ccccc2-c2ccccc21)C(=O)N1NC(=O)CC1C(=O)O. The number of thioether (sulfide) groups is 1. The van der Waals surface area contributed by atoms with Crippen molar-refractivity contribution in [3.8, 4) is 11.1 Å². The molecule has 34 heavy (non-hydrogen) atoms. The summed E-state index contributed by atoms with van der Waals surface area (Å²) in [5.41, 5.74) is 6.61. The second-order valence-electron chi connectivity index (χ2n) is 8.11. The molecule has 1 aliphatic heterocycles. The maximum atomic E-state index is 13.0. The Morgan fingerprint density at radius 2 is 1.76 bits per heavy atom. The van der Waals surface area contributed by atoms with Crippen LogP contribution in [0.15, 0.2) is 48.5 Å². The van der Waals surface area contributed by atoms with Crippen molar-refractivity contribution in [1.29, 1.82) is 0 Å². The number of carbonyl (C=O) groups excluding carboxylic acids is 3. The molecular weight excluding hydrogens is 458 g/mol. The predicted molar refractivity (Wildman–Crippen MR) is 126 cm³/mol. The Labute approximate surface area is 200 Å². The fourth-order valence-corrected chi connectivity index (χ4v) is 4.85. The first-order chi connectivity index (χ1) is 16.4. The Morgan fingerprint density at radius 3 is 2.35 bits per heavy atom. The van der Waals surface area contributed by atoms with Gasteiger partial charge in [-0.25, -0.2) is 14.6 Å². The van der Waals surface area contributed by atoms with Crippen LogP contribution in [0, 0.1) is 0 Å². The Kier molecular flexibility index (Phi) is 7.06. The van der Waals surface area contributed by atoms with Gasteiger partial charge in [0.25, 0.3) is 5.91 Å². The van der Waals surface area contributed by atoms with Crippen molar-refractivity contribution in [3.63, 3.8) is 0 Å². The summed E-state index contributed by atoms with van der Waals surface area (Å²) >= 11 is 1.48. The molecule has 2 atom stereocenters. The van der Waals surface area contributed by atoms with Crippen LogP contribution >= 0.6 is 11.8 Å². The third-order valence-electron chi connectivity index (χ3n) is 6.00. The van der Waals surface area contributed by atoms with Crippen LogP contribution in [0.25, 0.3) is 11.1 Å². The van der Waals surface area contributed by atoms with Crippen LogP contribution in [0.1, 0.15) is 29.9 Å². The maximum absolute atomic E-state index is 13.0. The molecule has 2 aliphatic rings. The number of aliphatic carboxylic acids is 1. The van der Waals surface area contributed by atoms with Crippen molar-refractivity contribution in [3.05, 3.63) is 59.7 Å². The van der Waals surface area contributed by atoms with Crippen LogP contribution in [0.3, 0.4) is 0 Å². The van der Waals surface area contributed by atoms with Crippen molar-refractivity contribution in [1.82, 2.24) is 15.8 Å². The fourth-order valence-electron chi connectivity index (χ4n) is 4.37. The third kappa shape index (κ3) is 4.72. The number of carboxylic acids is 1. The lowest BCUT2D eigenvalue weighted by Crippen LogP contribution is -2.55. The molecule has 4 rings (SSSR count). The zero-order chi connectivity index (χ0) is 24.2. The summed E-state index contributed by atoms with van der Waals surface area (Å²) in [6.07, 6.45) is 0.996. The molecule has 2 aromatic rings. The highest BCUT2D eigenvalue weighted by atomic mass is 32.2. The van der Waals surface area contributed by atoms with Crippen LogP contribution in [0.5, 0.6) is 0 Å². The molecule has 3 N–H and O–H groups in total. The number of ether oxygens (including phenoxy) is 1. The molecule has 1 heterocycles. The molecule has 178 valence electrons. The molecule has 3 amide bonds. The van der Waals surface area contributed by atoms with Gasteiger partial charge >= 0.3 is 12.1 Å². The molecule has 1 fully saturated rings. The molecule has 0 spiro atoms. The van der Waals surface area contributed by atoms with Gasteiger partial charge in [-0.15, -0.1) is 0 Å². The van der Waals surface area contributed by atoms with Crippen molar-refractivity contribution in [2.45, 2.75) is 30.8 Å². The van der Waals surface area contributed by atoms with Crippen molar-refractivity contribution in [2.24, 2.45) is 0 Å². The minimum absolute atomic E-state index is 0.0848. The van der Waals surface area contributed by atoms with Gasteiger partial charge in [-0.2, -0.15) is 11.8 Å². The second kappa shape index (κ2) is 10.2. The third-order valence-corrected chi connectivity index (χ3v) is 6.65. The summed E-state index contributed by atoms with van der Waals surface area (Å²) < 4.78 is 5.53. The molecule has 10 heteroatoms. The van der Waals surface area contributed by atoms with E-state index >= 15 is 0 Å². The number of amides is 3. The van der Waals surface area contributed by atoms with E-state index in [0.717, 1.165) is 27.3 Å². The lowest BCUT2D eigenvalue weighted by Gasteiger charge is -2.26. The number of nitrogens with zero attached hydrogens (tertiary/aromatic N) is 1. The number of carbonyl (C=O) groups is 4. The van der Waals surface area contributed by atoms with Crippen LogP contribution < -0.4 is 10.7 Å². The van der Waals surface area contributed by atoms with Gasteiger partial charge in [0, 0.05) is 5.92 Å². The summed E-state index contributed by atoms with van der Waals surface area (Å²) in [6, 6.07) is 13.6. The lowest BCUT2D eigenvalue weighted by molar-refractivity contribution is -0.151. The normalized spacial score (nSPS) is 17.5.